The molecule has 2 amide bonds. The van der Waals surface area contributed by atoms with Gasteiger partial charge in [-0.3, -0.25) is 13.9 Å². The number of amides is 2. The highest BCUT2D eigenvalue weighted by molar-refractivity contribution is 7.92. The summed E-state index contributed by atoms with van der Waals surface area (Å²) in [5.41, 5.74) is 0.830. The van der Waals surface area contributed by atoms with Gasteiger partial charge in [0.2, 0.25) is 11.8 Å². The molecule has 2 atom stereocenters. The third-order valence-electron chi connectivity index (χ3n) is 6.67. The summed E-state index contributed by atoms with van der Waals surface area (Å²) in [5, 5.41) is 3.75. The van der Waals surface area contributed by atoms with Crippen molar-refractivity contribution in [1.82, 2.24) is 10.2 Å². The maximum atomic E-state index is 14.2. The number of ether oxygens (including phenoxy) is 1. The maximum absolute atomic E-state index is 14.2. The van der Waals surface area contributed by atoms with Crippen LogP contribution in [0.2, 0.25) is 10.0 Å². The van der Waals surface area contributed by atoms with Crippen molar-refractivity contribution in [2.75, 3.05) is 18.0 Å². The molecule has 0 aliphatic heterocycles. The van der Waals surface area contributed by atoms with Crippen LogP contribution in [-0.2, 0) is 26.2 Å². The standard InChI is InChI=1S/C30H35Cl2N3O5S/c1-5-21(3)33-30(37)26(6-2)34(19-22-12-14-23(31)15-13-22)29(36)20-35(27-18-24(32)16-17-28(27)40-4)41(38,39)25-10-8-7-9-11-25/h7-18,21,26H,5-6,19-20H2,1-4H3,(H,33,37). The van der Waals surface area contributed by atoms with Crippen LogP contribution in [0.4, 0.5) is 5.69 Å². The zero-order valence-corrected chi connectivity index (χ0v) is 25.8. The van der Waals surface area contributed by atoms with Crippen LogP contribution in [0.15, 0.2) is 77.7 Å². The van der Waals surface area contributed by atoms with E-state index in [1.807, 2.05) is 20.8 Å². The van der Waals surface area contributed by atoms with Crippen molar-refractivity contribution in [2.24, 2.45) is 0 Å². The lowest BCUT2D eigenvalue weighted by Crippen LogP contribution is -2.53. The summed E-state index contributed by atoms with van der Waals surface area (Å²) < 4.78 is 34.4. The molecule has 0 fully saturated rings. The molecular weight excluding hydrogens is 585 g/mol. The van der Waals surface area contributed by atoms with Gasteiger partial charge in [-0.05, 0) is 67.8 Å². The molecular formula is C30H35Cl2N3O5S. The van der Waals surface area contributed by atoms with E-state index in [9.17, 15) is 18.0 Å². The zero-order valence-electron chi connectivity index (χ0n) is 23.5. The number of nitrogens with zero attached hydrogens (tertiary/aromatic N) is 2. The smallest absolute Gasteiger partial charge is 0.264 e. The predicted octanol–water partition coefficient (Wildman–Crippen LogP) is 5.92. The monoisotopic (exact) mass is 619 g/mol. The second kappa shape index (κ2) is 14.6. The average molecular weight is 621 g/mol. The number of rotatable bonds is 13. The minimum atomic E-state index is -4.26. The number of methoxy groups -OCH3 is 1. The maximum Gasteiger partial charge on any atom is 0.264 e. The minimum absolute atomic E-state index is 0.0133. The predicted molar refractivity (Wildman–Crippen MR) is 163 cm³/mol. The van der Waals surface area contributed by atoms with Gasteiger partial charge in [-0.1, -0.05) is 67.4 Å². The molecule has 0 radical (unpaired) electrons. The molecule has 0 aromatic heterocycles. The summed E-state index contributed by atoms with van der Waals surface area (Å²) in [5.74, 6) is -0.679. The van der Waals surface area contributed by atoms with Crippen molar-refractivity contribution in [3.63, 3.8) is 0 Å². The quantitative estimate of drug-likeness (QED) is 0.256. The van der Waals surface area contributed by atoms with Crippen molar-refractivity contribution in [2.45, 2.75) is 57.1 Å². The van der Waals surface area contributed by atoms with Crippen molar-refractivity contribution < 1.29 is 22.7 Å². The molecule has 3 rings (SSSR count). The Bertz CT molecular complexity index is 1440. The first kappa shape index (κ1) is 32.2. The summed E-state index contributed by atoms with van der Waals surface area (Å²) in [6.07, 6.45) is 1.03. The molecule has 41 heavy (non-hydrogen) atoms. The van der Waals surface area contributed by atoms with Crippen LogP contribution < -0.4 is 14.4 Å². The van der Waals surface area contributed by atoms with Crippen LogP contribution in [-0.4, -0.2) is 50.9 Å². The third-order valence-corrected chi connectivity index (χ3v) is 8.93. The topological polar surface area (TPSA) is 96.0 Å². The number of hydrogen-bond acceptors (Lipinski definition) is 5. The van der Waals surface area contributed by atoms with Gasteiger partial charge in [-0.2, -0.15) is 0 Å². The number of benzene rings is 3. The van der Waals surface area contributed by atoms with Gasteiger partial charge in [-0.15, -0.1) is 0 Å². The lowest BCUT2D eigenvalue weighted by atomic mass is 10.1. The third kappa shape index (κ3) is 8.15. The van der Waals surface area contributed by atoms with Crippen molar-refractivity contribution in [3.8, 4) is 5.75 Å². The van der Waals surface area contributed by atoms with E-state index in [0.29, 0.717) is 17.9 Å². The summed E-state index contributed by atoms with van der Waals surface area (Å²) in [6, 6.07) is 18.3. The number of halogens is 2. The van der Waals surface area contributed by atoms with E-state index in [-0.39, 0.29) is 39.8 Å². The average Bonchev–Trinajstić information content (AvgIpc) is 2.96. The first-order chi connectivity index (χ1) is 19.5. The second-order valence-electron chi connectivity index (χ2n) is 9.53. The Labute approximate surface area is 252 Å². The van der Waals surface area contributed by atoms with Gasteiger partial charge in [0.25, 0.3) is 10.0 Å². The minimum Gasteiger partial charge on any atom is -0.495 e. The van der Waals surface area contributed by atoms with E-state index < -0.39 is 28.5 Å². The van der Waals surface area contributed by atoms with Crippen molar-refractivity contribution >= 4 is 50.7 Å². The number of carbonyl (C=O) groups is 2. The van der Waals surface area contributed by atoms with E-state index in [1.54, 1.807) is 48.5 Å². The summed E-state index contributed by atoms with van der Waals surface area (Å²) in [7, 11) is -2.85. The molecule has 1 N–H and O–H groups in total. The van der Waals surface area contributed by atoms with E-state index >= 15 is 0 Å². The van der Waals surface area contributed by atoms with Gasteiger partial charge in [0, 0.05) is 22.6 Å². The van der Waals surface area contributed by atoms with Gasteiger partial charge in [0.05, 0.1) is 17.7 Å². The summed E-state index contributed by atoms with van der Waals surface area (Å²) >= 11 is 12.3. The molecule has 0 aliphatic carbocycles. The summed E-state index contributed by atoms with van der Waals surface area (Å²) in [4.78, 5) is 28.9. The molecule has 0 aliphatic rings. The van der Waals surface area contributed by atoms with Gasteiger partial charge in [0.1, 0.15) is 18.3 Å². The molecule has 8 nitrogen and oxygen atoms in total. The Balaban J connectivity index is 2.11. The number of nitrogens with one attached hydrogen (secondary N) is 1. The van der Waals surface area contributed by atoms with Crippen LogP contribution in [0, 0.1) is 0 Å². The van der Waals surface area contributed by atoms with Crippen LogP contribution in [0.1, 0.15) is 39.2 Å². The number of hydrogen-bond donors (Lipinski definition) is 1. The highest BCUT2D eigenvalue weighted by Crippen LogP contribution is 2.35. The fraction of sp³-hybridized carbons (Fsp3) is 0.333. The first-order valence-electron chi connectivity index (χ1n) is 13.3. The fourth-order valence-corrected chi connectivity index (χ4v) is 5.97. The van der Waals surface area contributed by atoms with E-state index in [4.69, 9.17) is 27.9 Å². The molecule has 2 unspecified atom stereocenters. The highest BCUT2D eigenvalue weighted by atomic mass is 35.5. The summed E-state index contributed by atoms with van der Waals surface area (Å²) in [6.45, 7) is 5.10. The van der Waals surface area contributed by atoms with Gasteiger partial charge >= 0.3 is 0 Å². The Kier molecular flexibility index (Phi) is 11.5. The van der Waals surface area contributed by atoms with Gasteiger partial charge < -0.3 is 15.0 Å². The molecule has 3 aromatic carbocycles. The van der Waals surface area contributed by atoms with Crippen molar-refractivity contribution in [3.05, 3.63) is 88.4 Å². The lowest BCUT2D eigenvalue weighted by Gasteiger charge is -2.34. The number of carbonyl (C=O) groups excluding carboxylic acids is 2. The SMILES string of the molecule is CCC(C)NC(=O)C(CC)N(Cc1ccc(Cl)cc1)C(=O)CN(c1cc(Cl)ccc1OC)S(=O)(=O)c1ccccc1. The Hall–Kier alpha value is -3.27. The zero-order chi connectivity index (χ0) is 30.2. The van der Waals surface area contributed by atoms with E-state index in [0.717, 1.165) is 9.87 Å². The largest absolute Gasteiger partial charge is 0.495 e. The van der Waals surface area contributed by atoms with Crippen LogP contribution >= 0.6 is 23.2 Å². The van der Waals surface area contributed by atoms with Crippen LogP contribution in [0.3, 0.4) is 0 Å². The first-order valence-corrected chi connectivity index (χ1v) is 15.5. The highest BCUT2D eigenvalue weighted by Gasteiger charge is 2.35. The molecule has 3 aromatic rings. The van der Waals surface area contributed by atoms with Gasteiger partial charge in [0.15, 0.2) is 0 Å². The molecule has 0 saturated heterocycles. The normalized spacial score (nSPS) is 12.7. The molecule has 11 heteroatoms. The Morgan fingerprint density at radius 2 is 1.56 bits per heavy atom. The molecule has 0 spiro atoms. The van der Waals surface area contributed by atoms with Crippen molar-refractivity contribution in [1.29, 1.82) is 0 Å². The van der Waals surface area contributed by atoms with Crippen LogP contribution in [0.25, 0.3) is 0 Å². The number of sulfonamides is 1. The van der Waals surface area contributed by atoms with E-state index in [2.05, 4.69) is 5.32 Å². The fourth-order valence-electron chi connectivity index (χ4n) is 4.24. The molecule has 0 heterocycles. The Morgan fingerprint density at radius 1 is 0.927 bits per heavy atom. The molecule has 0 bridgehead atoms. The number of anilines is 1. The Morgan fingerprint density at radius 3 is 2.15 bits per heavy atom. The molecule has 0 saturated carbocycles. The van der Waals surface area contributed by atoms with Crippen LogP contribution in [0.5, 0.6) is 5.75 Å². The van der Waals surface area contributed by atoms with Gasteiger partial charge in [-0.25, -0.2) is 8.42 Å². The van der Waals surface area contributed by atoms with E-state index in [1.165, 1.54) is 36.3 Å². The second-order valence-corrected chi connectivity index (χ2v) is 12.3. The molecule has 220 valence electrons. The lowest BCUT2D eigenvalue weighted by molar-refractivity contribution is -0.140.